The van der Waals surface area contributed by atoms with Crippen LogP contribution in [0, 0.1) is 0 Å². The van der Waals surface area contributed by atoms with Gasteiger partial charge in [0.05, 0.1) is 0 Å². The third-order valence-electron chi connectivity index (χ3n) is 2.13. The standard InChI is InChI=1S/C7H20N4/c1-6(10)7(11,2-4-8)3-5-9/h6H,2-5,8-11H2,1H3. The van der Waals surface area contributed by atoms with Gasteiger partial charge < -0.3 is 22.9 Å². The molecule has 0 spiro atoms. The highest BCUT2D eigenvalue weighted by atomic mass is 14.9. The van der Waals surface area contributed by atoms with Gasteiger partial charge in [-0.2, -0.15) is 0 Å². The van der Waals surface area contributed by atoms with Crippen molar-refractivity contribution in [2.24, 2.45) is 22.9 Å². The summed E-state index contributed by atoms with van der Waals surface area (Å²) in [6.07, 6.45) is 1.48. The van der Waals surface area contributed by atoms with E-state index in [2.05, 4.69) is 0 Å². The summed E-state index contributed by atoms with van der Waals surface area (Å²) in [5.74, 6) is 0. The maximum absolute atomic E-state index is 5.98. The van der Waals surface area contributed by atoms with Crippen LogP contribution in [0.5, 0.6) is 0 Å². The quantitative estimate of drug-likeness (QED) is 0.402. The Hall–Kier alpha value is -0.160. The Morgan fingerprint density at radius 2 is 1.55 bits per heavy atom. The van der Waals surface area contributed by atoms with Crippen LogP contribution in [0.15, 0.2) is 0 Å². The van der Waals surface area contributed by atoms with Gasteiger partial charge in [-0.3, -0.25) is 0 Å². The summed E-state index contributed by atoms with van der Waals surface area (Å²) in [6.45, 7) is 3.03. The van der Waals surface area contributed by atoms with Crippen LogP contribution in [-0.2, 0) is 0 Å². The summed E-state index contributed by atoms with van der Waals surface area (Å²) >= 11 is 0. The molecule has 4 nitrogen and oxygen atoms in total. The normalized spacial score (nSPS) is 15.0. The van der Waals surface area contributed by atoms with Crippen molar-refractivity contribution in [1.29, 1.82) is 0 Å². The maximum Gasteiger partial charge on any atom is 0.0329 e. The summed E-state index contributed by atoms with van der Waals surface area (Å²) in [5, 5.41) is 0. The van der Waals surface area contributed by atoms with E-state index < -0.39 is 0 Å². The van der Waals surface area contributed by atoms with Crippen molar-refractivity contribution < 1.29 is 0 Å². The molecule has 0 aromatic heterocycles. The van der Waals surface area contributed by atoms with Crippen molar-refractivity contribution in [3.63, 3.8) is 0 Å². The highest BCUT2D eigenvalue weighted by Gasteiger charge is 2.27. The molecule has 68 valence electrons. The van der Waals surface area contributed by atoms with Gasteiger partial charge in [-0.15, -0.1) is 0 Å². The average molecular weight is 160 g/mol. The Bertz CT molecular complexity index is 96.6. The summed E-state index contributed by atoms with van der Waals surface area (Å²) in [4.78, 5) is 0. The number of hydrogen-bond donors (Lipinski definition) is 4. The van der Waals surface area contributed by atoms with Crippen molar-refractivity contribution >= 4 is 0 Å². The highest BCUT2D eigenvalue weighted by Crippen LogP contribution is 2.13. The van der Waals surface area contributed by atoms with Gasteiger partial charge in [-0.05, 0) is 32.9 Å². The molecule has 0 amide bonds. The van der Waals surface area contributed by atoms with Crippen LogP contribution in [0.4, 0.5) is 0 Å². The summed E-state index contributed by atoms with van der Waals surface area (Å²) in [6, 6.07) is -0.0467. The molecule has 0 aromatic rings. The third kappa shape index (κ3) is 3.16. The molecule has 0 aliphatic carbocycles. The Kier molecular flexibility index (Phi) is 4.60. The van der Waals surface area contributed by atoms with Crippen LogP contribution in [-0.4, -0.2) is 24.7 Å². The second kappa shape index (κ2) is 4.66. The summed E-state index contributed by atoms with van der Waals surface area (Å²) < 4.78 is 0. The van der Waals surface area contributed by atoms with E-state index in [-0.39, 0.29) is 11.6 Å². The van der Waals surface area contributed by atoms with Crippen molar-refractivity contribution in [3.8, 4) is 0 Å². The van der Waals surface area contributed by atoms with Gasteiger partial charge >= 0.3 is 0 Å². The van der Waals surface area contributed by atoms with Gasteiger partial charge in [-0.25, -0.2) is 0 Å². The smallest absolute Gasteiger partial charge is 0.0329 e. The van der Waals surface area contributed by atoms with E-state index in [0.29, 0.717) is 13.1 Å². The fourth-order valence-corrected chi connectivity index (χ4v) is 1.12. The first-order valence-electron chi connectivity index (χ1n) is 4.01. The van der Waals surface area contributed by atoms with E-state index >= 15 is 0 Å². The third-order valence-corrected chi connectivity index (χ3v) is 2.13. The molecule has 0 fully saturated rings. The molecule has 0 heterocycles. The van der Waals surface area contributed by atoms with Crippen LogP contribution < -0.4 is 22.9 Å². The monoisotopic (exact) mass is 160 g/mol. The second-order valence-corrected chi connectivity index (χ2v) is 3.10. The molecule has 4 heteroatoms. The zero-order chi connectivity index (χ0) is 8.91. The van der Waals surface area contributed by atoms with E-state index in [1.54, 1.807) is 0 Å². The zero-order valence-corrected chi connectivity index (χ0v) is 7.22. The predicted octanol–water partition coefficient (Wildman–Crippen LogP) is -1.27. The van der Waals surface area contributed by atoms with Crippen LogP contribution in [0.3, 0.4) is 0 Å². The first kappa shape index (κ1) is 10.8. The van der Waals surface area contributed by atoms with Crippen LogP contribution in [0.25, 0.3) is 0 Å². The SMILES string of the molecule is CC(N)C(N)(CCN)CCN. The fraction of sp³-hybridized carbons (Fsp3) is 1.00. The molecular weight excluding hydrogens is 140 g/mol. The first-order chi connectivity index (χ1) is 5.06. The van der Waals surface area contributed by atoms with E-state index in [4.69, 9.17) is 22.9 Å². The molecule has 1 unspecified atom stereocenters. The Morgan fingerprint density at radius 1 is 1.18 bits per heavy atom. The Labute approximate surface area is 68.3 Å². The van der Waals surface area contributed by atoms with Crippen LogP contribution in [0.2, 0.25) is 0 Å². The van der Waals surface area contributed by atoms with Gasteiger partial charge in [-0.1, -0.05) is 0 Å². The van der Waals surface area contributed by atoms with Crippen LogP contribution in [0.1, 0.15) is 19.8 Å². The summed E-state index contributed by atoms with van der Waals surface area (Å²) in [7, 11) is 0. The minimum atomic E-state index is -0.372. The number of rotatable bonds is 5. The molecular formula is C7H20N4. The van der Waals surface area contributed by atoms with Gasteiger partial charge in [0.1, 0.15) is 0 Å². The van der Waals surface area contributed by atoms with Crippen molar-refractivity contribution in [2.45, 2.75) is 31.3 Å². The molecule has 0 bridgehead atoms. The second-order valence-electron chi connectivity index (χ2n) is 3.10. The molecule has 8 N–H and O–H groups in total. The lowest BCUT2D eigenvalue weighted by Crippen LogP contribution is -2.55. The lowest BCUT2D eigenvalue weighted by atomic mass is 9.86. The largest absolute Gasteiger partial charge is 0.330 e. The predicted molar refractivity (Wildman–Crippen MR) is 47.9 cm³/mol. The summed E-state index contributed by atoms with van der Waals surface area (Å²) in [5.41, 5.74) is 22.1. The minimum absolute atomic E-state index is 0.0467. The average Bonchev–Trinajstić information content (AvgIpc) is 1.88. The molecule has 0 aromatic carbocycles. The topological polar surface area (TPSA) is 104 Å². The zero-order valence-electron chi connectivity index (χ0n) is 7.22. The van der Waals surface area contributed by atoms with Crippen molar-refractivity contribution in [1.82, 2.24) is 0 Å². The molecule has 11 heavy (non-hydrogen) atoms. The van der Waals surface area contributed by atoms with Crippen molar-refractivity contribution in [2.75, 3.05) is 13.1 Å². The van der Waals surface area contributed by atoms with Gasteiger partial charge in [0, 0.05) is 11.6 Å². The Balaban J connectivity index is 4.01. The number of hydrogen-bond acceptors (Lipinski definition) is 4. The van der Waals surface area contributed by atoms with Crippen molar-refractivity contribution in [3.05, 3.63) is 0 Å². The highest BCUT2D eigenvalue weighted by molar-refractivity contribution is 4.92. The first-order valence-corrected chi connectivity index (χ1v) is 4.01. The molecule has 0 aliphatic heterocycles. The van der Waals surface area contributed by atoms with Crippen LogP contribution >= 0.6 is 0 Å². The van der Waals surface area contributed by atoms with Gasteiger partial charge in [0.2, 0.25) is 0 Å². The van der Waals surface area contributed by atoms with E-state index in [9.17, 15) is 0 Å². The van der Waals surface area contributed by atoms with E-state index in [1.165, 1.54) is 0 Å². The lowest BCUT2D eigenvalue weighted by molar-refractivity contribution is 0.320. The Morgan fingerprint density at radius 3 is 1.73 bits per heavy atom. The molecule has 0 saturated heterocycles. The van der Waals surface area contributed by atoms with Gasteiger partial charge in [0.15, 0.2) is 0 Å². The van der Waals surface area contributed by atoms with E-state index in [0.717, 1.165) is 12.8 Å². The number of nitrogens with two attached hydrogens (primary N) is 4. The maximum atomic E-state index is 5.98. The lowest BCUT2D eigenvalue weighted by Gasteiger charge is -2.32. The molecule has 0 saturated carbocycles. The molecule has 0 rings (SSSR count). The minimum Gasteiger partial charge on any atom is -0.330 e. The fourth-order valence-electron chi connectivity index (χ4n) is 1.12. The molecule has 1 atom stereocenters. The molecule has 0 aliphatic rings. The van der Waals surface area contributed by atoms with Gasteiger partial charge in [0.25, 0.3) is 0 Å². The van der Waals surface area contributed by atoms with E-state index in [1.807, 2.05) is 6.92 Å². The molecule has 0 radical (unpaired) electrons.